The SMILES string of the molecule is Cc1ccc(-c2cn(C)c(=O)c3cc(N=O)ccc23)cc1NS(C)(=O)=O. The van der Waals surface area contributed by atoms with Gasteiger partial charge in [0.05, 0.1) is 17.3 Å². The summed E-state index contributed by atoms with van der Waals surface area (Å²) in [6.45, 7) is 1.80. The first-order valence-electron chi connectivity index (χ1n) is 7.75. The number of nitrogens with zero attached hydrogens (tertiary/aromatic N) is 2. The van der Waals surface area contributed by atoms with Crippen LogP contribution >= 0.6 is 0 Å². The Bertz CT molecular complexity index is 1200. The standard InChI is InChI=1S/C18H17N3O4S/c1-11-4-5-12(8-17(11)20-26(3,24)25)16-10-21(2)18(22)15-9-13(19-23)6-7-14(15)16/h4-10,20H,1-3H3. The van der Waals surface area contributed by atoms with Gasteiger partial charge in [0.15, 0.2) is 0 Å². The summed E-state index contributed by atoms with van der Waals surface area (Å²) in [6.07, 6.45) is 2.78. The van der Waals surface area contributed by atoms with Gasteiger partial charge in [-0.1, -0.05) is 18.2 Å². The molecule has 0 aliphatic carbocycles. The summed E-state index contributed by atoms with van der Waals surface area (Å²) < 4.78 is 27.1. The average molecular weight is 371 g/mol. The van der Waals surface area contributed by atoms with Crippen LogP contribution in [0.15, 0.2) is 52.6 Å². The van der Waals surface area contributed by atoms with Crippen molar-refractivity contribution in [3.8, 4) is 11.1 Å². The highest BCUT2D eigenvalue weighted by atomic mass is 32.2. The number of nitroso groups, excluding NO2 is 1. The van der Waals surface area contributed by atoms with E-state index in [9.17, 15) is 18.1 Å². The second kappa shape index (κ2) is 6.38. The molecule has 7 nitrogen and oxygen atoms in total. The van der Waals surface area contributed by atoms with Crippen LogP contribution in [0, 0.1) is 11.8 Å². The highest BCUT2D eigenvalue weighted by Gasteiger charge is 2.13. The van der Waals surface area contributed by atoms with Crippen molar-refractivity contribution in [2.24, 2.45) is 12.2 Å². The lowest BCUT2D eigenvalue weighted by Crippen LogP contribution is -2.16. The molecule has 3 aromatic rings. The third-order valence-corrected chi connectivity index (χ3v) is 4.71. The predicted octanol–water partition coefficient (Wildman–Crippen LogP) is 3.28. The van der Waals surface area contributed by atoms with Gasteiger partial charge in [0.2, 0.25) is 10.0 Å². The number of aryl methyl sites for hydroxylation is 2. The minimum Gasteiger partial charge on any atom is -0.317 e. The van der Waals surface area contributed by atoms with Crippen LogP contribution in [-0.2, 0) is 17.1 Å². The number of aromatic nitrogens is 1. The van der Waals surface area contributed by atoms with E-state index in [1.54, 1.807) is 44.4 Å². The Morgan fingerprint density at radius 2 is 1.81 bits per heavy atom. The van der Waals surface area contributed by atoms with E-state index in [4.69, 9.17) is 0 Å². The van der Waals surface area contributed by atoms with Crippen molar-refractivity contribution in [2.45, 2.75) is 6.92 Å². The molecule has 0 atom stereocenters. The van der Waals surface area contributed by atoms with E-state index in [-0.39, 0.29) is 11.2 Å². The van der Waals surface area contributed by atoms with Gasteiger partial charge in [-0.3, -0.25) is 9.52 Å². The molecule has 3 rings (SSSR count). The number of rotatable bonds is 4. The zero-order valence-corrected chi connectivity index (χ0v) is 15.3. The number of hydrogen-bond donors (Lipinski definition) is 1. The maximum Gasteiger partial charge on any atom is 0.258 e. The molecular weight excluding hydrogens is 354 g/mol. The van der Waals surface area contributed by atoms with E-state index in [1.807, 2.05) is 6.07 Å². The van der Waals surface area contributed by atoms with E-state index < -0.39 is 10.0 Å². The van der Waals surface area contributed by atoms with Crippen molar-refractivity contribution < 1.29 is 8.42 Å². The third kappa shape index (κ3) is 3.36. The second-order valence-corrected chi connectivity index (χ2v) is 7.93. The van der Waals surface area contributed by atoms with Crippen molar-refractivity contribution in [1.29, 1.82) is 0 Å². The van der Waals surface area contributed by atoms with Gasteiger partial charge in [-0.05, 0) is 46.8 Å². The van der Waals surface area contributed by atoms with E-state index in [0.29, 0.717) is 16.5 Å². The Morgan fingerprint density at radius 1 is 1.08 bits per heavy atom. The minimum atomic E-state index is -3.42. The lowest BCUT2D eigenvalue weighted by Gasteiger charge is -2.13. The Labute approximate surface area is 150 Å². The largest absolute Gasteiger partial charge is 0.317 e. The quantitative estimate of drug-likeness (QED) is 0.712. The van der Waals surface area contributed by atoms with Crippen LogP contribution in [-0.4, -0.2) is 19.2 Å². The minimum absolute atomic E-state index is 0.176. The molecule has 0 fully saturated rings. The predicted molar refractivity (Wildman–Crippen MR) is 103 cm³/mol. The molecule has 1 aromatic heterocycles. The van der Waals surface area contributed by atoms with Crippen LogP contribution in [0.1, 0.15) is 5.56 Å². The maximum absolute atomic E-state index is 12.4. The molecule has 0 bridgehead atoms. The molecule has 0 unspecified atom stereocenters. The van der Waals surface area contributed by atoms with Gasteiger partial charge in [-0.25, -0.2) is 8.42 Å². The fourth-order valence-corrected chi connectivity index (χ4v) is 3.46. The summed E-state index contributed by atoms with van der Waals surface area (Å²) in [4.78, 5) is 23.2. The molecule has 8 heteroatoms. The molecule has 2 aromatic carbocycles. The molecular formula is C18H17N3O4S. The highest BCUT2D eigenvalue weighted by Crippen LogP contribution is 2.31. The highest BCUT2D eigenvalue weighted by molar-refractivity contribution is 7.92. The maximum atomic E-state index is 12.4. The molecule has 134 valence electrons. The van der Waals surface area contributed by atoms with Gasteiger partial charge in [0, 0.05) is 18.8 Å². The van der Waals surface area contributed by atoms with Gasteiger partial charge in [-0.15, -0.1) is 4.91 Å². The molecule has 1 N–H and O–H groups in total. The topological polar surface area (TPSA) is 97.6 Å². The molecule has 26 heavy (non-hydrogen) atoms. The fourth-order valence-electron chi connectivity index (χ4n) is 2.84. The molecule has 0 radical (unpaired) electrons. The molecule has 0 aliphatic rings. The Morgan fingerprint density at radius 3 is 2.46 bits per heavy atom. The van der Waals surface area contributed by atoms with Crippen molar-refractivity contribution in [3.63, 3.8) is 0 Å². The number of pyridine rings is 1. The lowest BCUT2D eigenvalue weighted by atomic mass is 9.98. The van der Waals surface area contributed by atoms with Crippen LogP contribution in [0.3, 0.4) is 0 Å². The zero-order chi connectivity index (χ0) is 19.1. The summed E-state index contributed by atoms with van der Waals surface area (Å²) >= 11 is 0. The van der Waals surface area contributed by atoms with E-state index >= 15 is 0 Å². The molecule has 0 amide bonds. The van der Waals surface area contributed by atoms with Gasteiger partial charge in [-0.2, -0.15) is 0 Å². The third-order valence-electron chi connectivity index (χ3n) is 4.12. The number of sulfonamides is 1. The first-order valence-corrected chi connectivity index (χ1v) is 9.64. The summed E-state index contributed by atoms with van der Waals surface area (Å²) in [6, 6.07) is 10.1. The van der Waals surface area contributed by atoms with Crippen molar-refractivity contribution in [3.05, 3.63) is 63.4 Å². The van der Waals surface area contributed by atoms with Crippen LogP contribution < -0.4 is 10.3 Å². The van der Waals surface area contributed by atoms with Crippen molar-refractivity contribution >= 4 is 32.2 Å². The van der Waals surface area contributed by atoms with Crippen molar-refractivity contribution in [2.75, 3.05) is 11.0 Å². The Hall–Kier alpha value is -3.00. The number of fused-ring (bicyclic) bond motifs is 1. The number of hydrogen-bond acceptors (Lipinski definition) is 5. The monoisotopic (exact) mass is 371 g/mol. The fraction of sp³-hybridized carbons (Fsp3) is 0.167. The summed E-state index contributed by atoms with van der Waals surface area (Å²) in [5, 5.41) is 3.92. The first-order chi connectivity index (χ1) is 12.2. The number of anilines is 1. The summed E-state index contributed by atoms with van der Waals surface area (Å²) in [5.74, 6) is 0. The van der Waals surface area contributed by atoms with Gasteiger partial charge < -0.3 is 4.57 Å². The van der Waals surface area contributed by atoms with E-state index in [0.717, 1.165) is 22.9 Å². The molecule has 0 aliphatic heterocycles. The number of benzene rings is 2. The zero-order valence-electron chi connectivity index (χ0n) is 14.5. The smallest absolute Gasteiger partial charge is 0.258 e. The molecule has 0 spiro atoms. The molecule has 0 saturated carbocycles. The summed E-state index contributed by atoms with van der Waals surface area (Å²) in [7, 11) is -1.80. The van der Waals surface area contributed by atoms with Gasteiger partial charge >= 0.3 is 0 Å². The van der Waals surface area contributed by atoms with Crippen LogP contribution in [0.25, 0.3) is 21.9 Å². The second-order valence-electron chi connectivity index (χ2n) is 6.18. The van der Waals surface area contributed by atoms with E-state index in [1.165, 1.54) is 10.6 Å². The molecule has 1 heterocycles. The normalized spacial score (nSPS) is 11.5. The number of nitrogens with one attached hydrogen (secondary N) is 1. The van der Waals surface area contributed by atoms with Crippen LogP contribution in [0.4, 0.5) is 11.4 Å². The van der Waals surface area contributed by atoms with E-state index in [2.05, 4.69) is 9.90 Å². The summed E-state index contributed by atoms with van der Waals surface area (Å²) in [5.41, 5.74) is 2.68. The molecule has 0 saturated heterocycles. The Kier molecular flexibility index (Phi) is 4.37. The van der Waals surface area contributed by atoms with Gasteiger partial charge in [0.25, 0.3) is 5.56 Å². The van der Waals surface area contributed by atoms with Crippen LogP contribution in [0.5, 0.6) is 0 Å². The van der Waals surface area contributed by atoms with Gasteiger partial charge in [0.1, 0.15) is 5.69 Å². The van der Waals surface area contributed by atoms with Crippen molar-refractivity contribution in [1.82, 2.24) is 4.57 Å². The first kappa shape index (κ1) is 17.8. The Balaban J connectivity index is 2.29. The lowest BCUT2D eigenvalue weighted by molar-refractivity contribution is 0.607. The average Bonchev–Trinajstić information content (AvgIpc) is 2.58. The van der Waals surface area contributed by atoms with Crippen LogP contribution in [0.2, 0.25) is 0 Å².